The summed E-state index contributed by atoms with van der Waals surface area (Å²) < 4.78 is 3.77. The second-order valence-electron chi connectivity index (χ2n) is 0.797. The molecule has 2 radical (unpaired) electrons. The first-order valence-electron chi connectivity index (χ1n) is 1.49. The third kappa shape index (κ3) is 18.0. The van der Waals surface area contributed by atoms with Crippen molar-refractivity contribution in [2.24, 2.45) is 0 Å². The largest absolute Gasteiger partial charge is 0 e. The summed E-state index contributed by atoms with van der Waals surface area (Å²) in [5.41, 5.74) is 0. The molecule has 0 aromatic carbocycles. The molecule has 0 spiro atoms. The van der Waals surface area contributed by atoms with Crippen LogP contribution in [0.1, 0.15) is 0 Å². The molecule has 0 aliphatic heterocycles. The number of hydrogen-bond donors (Lipinski definition) is 1. The van der Waals surface area contributed by atoms with E-state index in [-0.39, 0.29) is 61.4 Å². The van der Waals surface area contributed by atoms with Crippen LogP contribution in [0.2, 0.25) is 0 Å². The zero-order valence-corrected chi connectivity index (χ0v) is 6.79. The summed E-state index contributed by atoms with van der Waals surface area (Å²) in [6.45, 7) is 0. The van der Waals surface area contributed by atoms with Gasteiger partial charge in [-0.3, -0.25) is 0 Å². The molecule has 0 aromatic heterocycles. The van der Waals surface area contributed by atoms with Crippen LogP contribution in [-0.4, -0.2) is 52.4 Å². The third-order valence-corrected chi connectivity index (χ3v) is 0.360. The van der Waals surface area contributed by atoms with E-state index >= 15 is 0 Å². The van der Waals surface area contributed by atoms with E-state index < -0.39 is 11.9 Å². The molecule has 0 unspecified atom stereocenters. The summed E-state index contributed by atoms with van der Waals surface area (Å²) in [6.07, 6.45) is 0. The van der Waals surface area contributed by atoms with E-state index in [9.17, 15) is 9.59 Å². The van der Waals surface area contributed by atoms with Gasteiger partial charge < -0.3 is 9.76 Å². The molecule has 0 bridgehead atoms. The Hall–Kier alpha value is 0.706. The van der Waals surface area contributed by atoms with Crippen molar-refractivity contribution < 1.29 is 53.5 Å². The maximum Gasteiger partial charge on any atom is 0 e. The molecule has 0 aromatic rings. The Balaban J connectivity index is -0.0000000300. The fourth-order valence-corrected chi connectivity index (χ4v) is 0.0873. The van der Waals surface area contributed by atoms with E-state index in [1.807, 2.05) is 0 Å². The summed E-state index contributed by atoms with van der Waals surface area (Å²) in [4.78, 5) is 19.1. The Morgan fingerprint density at radius 3 is 1.55 bits per heavy atom. The zero-order chi connectivity index (χ0) is 5.86. The van der Waals surface area contributed by atoms with Crippen molar-refractivity contribution in [3.63, 3.8) is 0 Å². The van der Waals surface area contributed by atoms with E-state index in [0.29, 0.717) is 0 Å². The zero-order valence-electron chi connectivity index (χ0n) is 4.43. The minimum Gasteiger partial charge on any atom is 0 e. The van der Waals surface area contributed by atoms with Gasteiger partial charge in [0, 0.05) is 34.1 Å². The maximum atomic E-state index is 9.69. The second-order valence-corrected chi connectivity index (χ2v) is 0.797. The summed E-state index contributed by atoms with van der Waals surface area (Å²) in [5.74, 6) is -2.80. The van der Waals surface area contributed by atoms with E-state index in [0.717, 1.165) is 8.05 Å². The van der Waals surface area contributed by atoms with Crippen molar-refractivity contribution in [3.8, 4) is 0 Å². The van der Waals surface area contributed by atoms with E-state index in [1.165, 1.54) is 0 Å². The van der Waals surface area contributed by atoms with Crippen molar-refractivity contribution in [2.45, 2.75) is 0 Å². The van der Waals surface area contributed by atoms with Gasteiger partial charge in [0.1, 0.15) is 0 Å². The van der Waals surface area contributed by atoms with Crippen LogP contribution < -0.4 is 0 Å². The Morgan fingerprint density at radius 2 is 1.55 bits per heavy atom. The van der Waals surface area contributed by atoms with Crippen LogP contribution in [-0.2, 0) is 48.4 Å². The second kappa shape index (κ2) is 17.0. The predicted octanol–water partition coefficient (Wildman–Crippen LogP) is -3.68. The molecule has 0 saturated heterocycles. The Labute approximate surface area is 100 Å². The molecular weight excluding hydrogens is 226 g/mol. The van der Waals surface area contributed by atoms with Crippen LogP contribution in [0.4, 0.5) is 0 Å². The molecular formula is C2H7B2LiMn2O4. The van der Waals surface area contributed by atoms with Crippen molar-refractivity contribution in [3.05, 3.63) is 0 Å². The molecule has 60 valence electrons. The summed E-state index contributed by atoms with van der Waals surface area (Å²) in [6, 6.07) is 0. The topological polar surface area (TPSA) is 63.6 Å². The SMILES string of the molecule is B.BOC(=O)C(=O)O.[LiH].[Mn].[Mn]. The molecule has 11 heavy (non-hydrogen) atoms. The number of carbonyl (C=O) groups excluding carboxylic acids is 1. The summed E-state index contributed by atoms with van der Waals surface area (Å²) >= 11 is 0. The van der Waals surface area contributed by atoms with Gasteiger partial charge >= 0.3 is 38.8 Å². The average Bonchev–Trinajstić information content (AvgIpc) is 1.65. The van der Waals surface area contributed by atoms with Gasteiger partial charge in [-0.25, -0.2) is 9.59 Å². The van der Waals surface area contributed by atoms with Gasteiger partial charge in [-0.15, -0.1) is 0 Å². The molecule has 0 fully saturated rings. The molecule has 0 amide bonds. The average molecular weight is 234 g/mol. The Kier molecular flexibility index (Phi) is 46.1. The van der Waals surface area contributed by atoms with Gasteiger partial charge in [0.2, 0.25) is 0 Å². The van der Waals surface area contributed by atoms with Gasteiger partial charge in [0.25, 0.3) is 0 Å². The third-order valence-electron chi connectivity index (χ3n) is 0.360. The van der Waals surface area contributed by atoms with E-state index in [2.05, 4.69) is 4.65 Å². The van der Waals surface area contributed by atoms with Gasteiger partial charge in [0.15, 0.2) is 0 Å². The number of aliphatic carboxylic acids is 1. The van der Waals surface area contributed by atoms with E-state index in [1.54, 1.807) is 0 Å². The maximum absolute atomic E-state index is 9.69. The normalized spacial score (nSPS) is 4.73. The van der Waals surface area contributed by atoms with Crippen molar-refractivity contribution in [1.29, 1.82) is 0 Å². The van der Waals surface area contributed by atoms with Gasteiger partial charge in [-0.1, -0.05) is 0 Å². The fourth-order valence-electron chi connectivity index (χ4n) is 0.0873. The molecule has 4 nitrogen and oxygen atoms in total. The number of carboxylic acid groups (broad SMARTS) is 1. The van der Waals surface area contributed by atoms with E-state index in [4.69, 9.17) is 5.11 Å². The van der Waals surface area contributed by atoms with Crippen LogP contribution >= 0.6 is 0 Å². The smallest absolute Gasteiger partial charge is 0 e. The minimum absolute atomic E-state index is 0. The Morgan fingerprint density at radius 1 is 1.27 bits per heavy atom. The first kappa shape index (κ1) is 29.8. The monoisotopic (exact) mass is 234 g/mol. The van der Waals surface area contributed by atoms with Crippen molar-refractivity contribution >= 4 is 47.3 Å². The standard InChI is InChI=1S/C2H3BO4.BH3.Li.2Mn.H/c3-7-2(6)1(4)5;;;;;/h3H2,(H,4,5);1H3;;;;. The van der Waals surface area contributed by atoms with Crippen LogP contribution in [0, 0.1) is 0 Å². The van der Waals surface area contributed by atoms with Crippen LogP contribution in [0.5, 0.6) is 0 Å². The summed E-state index contributed by atoms with van der Waals surface area (Å²) in [7, 11) is 1.01. The molecule has 0 saturated carbocycles. The molecule has 0 heterocycles. The van der Waals surface area contributed by atoms with Crippen molar-refractivity contribution in [2.75, 3.05) is 0 Å². The molecule has 1 N–H and O–H groups in total. The molecule has 0 aliphatic rings. The molecule has 9 heteroatoms. The molecule has 0 rings (SSSR count). The first-order valence-corrected chi connectivity index (χ1v) is 1.49. The first-order chi connectivity index (χ1) is 3.18. The quantitative estimate of drug-likeness (QED) is 0.346. The van der Waals surface area contributed by atoms with Crippen LogP contribution in [0.15, 0.2) is 0 Å². The van der Waals surface area contributed by atoms with Gasteiger partial charge in [-0.2, -0.15) is 0 Å². The van der Waals surface area contributed by atoms with Crippen molar-refractivity contribution in [1.82, 2.24) is 0 Å². The van der Waals surface area contributed by atoms with Crippen LogP contribution in [0.25, 0.3) is 0 Å². The van der Waals surface area contributed by atoms with Gasteiger partial charge in [0.05, 0.1) is 8.41 Å². The number of hydrogen-bond acceptors (Lipinski definition) is 3. The number of carboxylic acids is 1. The molecule has 0 atom stereocenters. The fraction of sp³-hybridized carbons (Fsp3) is 0. The minimum atomic E-state index is -1.57. The Bertz CT molecular complexity index is 112. The number of rotatable bonds is 0. The number of carbonyl (C=O) groups is 2. The predicted molar refractivity (Wildman–Crippen MR) is 39.4 cm³/mol. The van der Waals surface area contributed by atoms with Crippen LogP contribution in [0.3, 0.4) is 0 Å². The van der Waals surface area contributed by atoms with Gasteiger partial charge in [-0.05, 0) is 0 Å². The summed E-state index contributed by atoms with van der Waals surface area (Å²) in [5, 5.41) is 7.71. The molecule has 0 aliphatic carbocycles.